The zero-order valence-corrected chi connectivity index (χ0v) is 12.1. The maximum absolute atomic E-state index is 11.9. The van der Waals surface area contributed by atoms with Crippen molar-refractivity contribution in [3.63, 3.8) is 0 Å². The zero-order chi connectivity index (χ0) is 16.0. The molecule has 2 aromatic carbocycles. The van der Waals surface area contributed by atoms with E-state index in [0.717, 1.165) is 23.3 Å². The van der Waals surface area contributed by atoms with Gasteiger partial charge in [0.25, 0.3) is 0 Å². The van der Waals surface area contributed by atoms with Crippen molar-refractivity contribution in [3.8, 4) is 0 Å². The Hall–Kier alpha value is -2.88. The smallest absolute Gasteiger partial charge is 0.332 e. The van der Waals surface area contributed by atoms with Gasteiger partial charge in [0.15, 0.2) is 5.60 Å². The van der Waals surface area contributed by atoms with E-state index in [0.29, 0.717) is 0 Å². The monoisotopic (exact) mass is 296 g/mol. The molecule has 0 aliphatic carbocycles. The number of carboxylic acids is 1. The van der Waals surface area contributed by atoms with Gasteiger partial charge >= 0.3 is 11.9 Å². The minimum absolute atomic E-state index is 0.711. The SMILES string of the molecule is CC(OC(=O)/C=C\C(=O)O)(c1ccccc1)c1ccccc1. The molecule has 4 nitrogen and oxygen atoms in total. The van der Waals surface area contributed by atoms with Crippen LogP contribution in [0.15, 0.2) is 72.8 Å². The zero-order valence-electron chi connectivity index (χ0n) is 12.1. The van der Waals surface area contributed by atoms with Crippen molar-refractivity contribution in [2.75, 3.05) is 0 Å². The van der Waals surface area contributed by atoms with Crippen molar-refractivity contribution in [2.24, 2.45) is 0 Å². The van der Waals surface area contributed by atoms with Crippen LogP contribution in [0.1, 0.15) is 18.1 Å². The van der Waals surface area contributed by atoms with Gasteiger partial charge in [-0.25, -0.2) is 9.59 Å². The van der Waals surface area contributed by atoms with Crippen LogP contribution in [-0.2, 0) is 19.9 Å². The predicted molar refractivity (Wildman–Crippen MR) is 82.2 cm³/mol. The van der Waals surface area contributed by atoms with Gasteiger partial charge < -0.3 is 9.84 Å². The van der Waals surface area contributed by atoms with Gasteiger partial charge in [-0.2, -0.15) is 0 Å². The summed E-state index contributed by atoms with van der Waals surface area (Å²) in [5.41, 5.74) is 0.610. The molecule has 0 fully saturated rings. The average molecular weight is 296 g/mol. The van der Waals surface area contributed by atoms with Crippen LogP contribution in [0.2, 0.25) is 0 Å². The second kappa shape index (κ2) is 6.72. The Kier molecular flexibility index (Phi) is 4.73. The topological polar surface area (TPSA) is 63.6 Å². The lowest BCUT2D eigenvalue weighted by molar-refractivity contribution is -0.149. The molecule has 0 amide bonds. The third-order valence-electron chi connectivity index (χ3n) is 3.32. The molecule has 0 atom stereocenters. The number of esters is 1. The Morgan fingerprint density at radius 1 is 0.909 bits per heavy atom. The molecule has 0 aliphatic rings. The summed E-state index contributed by atoms with van der Waals surface area (Å²) < 4.78 is 5.57. The molecule has 2 rings (SSSR count). The van der Waals surface area contributed by atoms with Crippen LogP contribution in [0, 0.1) is 0 Å². The van der Waals surface area contributed by atoms with Gasteiger partial charge in [0.05, 0.1) is 0 Å². The van der Waals surface area contributed by atoms with E-state index in [-0.39, 0.29) is 0 Å². The molecule has 112 valence electrons. The molecule has 0 unspecified atom stereocenters. The third kappa shape index (κ3) is 3.61. The first kappa shape index (κ1) is 15.5. The number of hydrogen-bond acceptors (Lipinski definition) is 3. The van der Waals surface area contributed by atoms with Crippen LogP contribution >= 0.6 is 0 Å². The van der Waals surface area contributed by atoms with Crippen molar-refractivity contribution < 1.29 is 19.4 Å². The van der Waals surface area contributed by atoms with Gasteiger partial charge in [0.1, 0.15) is 0 Å². The van der Waals surface area contributed by atoms with Crippen LogP contribution in [-0.4, -0.2) is 17.0 Å². The van der Waals surface area contributed by atoms with Crippen LogP contribution in [0.4, 0.5) is 0 Å². The van der Waals surface area contributed by atoms with Crippen molar-refractivity contribution in [1.82, 2.24) is 0 Å². The summed E-state index contributed by atoms with van der Waals surface area (Å²) in [4.78, 5) is 22.5. The van der Waals surface area contributed by atoms with Crippen molar-refractivity contribution in [2.45, 2.75) is 12.5 Å². The van der Waals surface area contributed by atoms with Crippen LogP contribution < -0.4 is 0 Å². The molecular weight excluding hydrogens is 280 g/mol. The van der Waals surface area contributed by atoms with Gasteiger partial charge in [-0.05, 0) is 18.1 Å². The largest absolute Gasteiger partial charge is 0.478 e. The number of rotatable bonds is 5. The summed E-state index contributed by atoms with van der Waals surface area (Å²) >= 11 is 0. The van der Waals surface area contributed by atoms with Crippen molar-refractivity contribution in [1.29, 1.82) is 0 Å². The molecular formula is C18H16O4. The minimum atomic E-state index is -1.20. The van der Waals surface area contributed by atoms with Crippen molar-refractivity contribution in [3.05, 3.63) is 83.9 Å². The first-order valence-corrected chi connectivity index (χ1v) is 6.77. The second-order valence-corrected chi connectivity index (χ2v) is 4.86. The van der Waals surface area contributed by atoms with Gasteiger partial charge in [-0.15, -0.1) is 0 Å². The van der Waals surface area contributed by atoms with Crippen molar-refractivity contribution >= 4 is 11.9 Å². The second-order valence-electron chi connectivity index (χ2n) is 4.86. The standard InChI is InChI=1S/C18H16O4/c1-18(14-8-4-2-5-9-14,15-10-6-3-7-11-15)22-17(21)13-12-16(19)20/h2-13H,1H3,(H,19,20)/b13-12-. The first-order chi connectivity index (χ1) is 10.5. The van der Waals surface area contributed by atoms with Gasteiger partial charge in [-0.3, -0.25) is 0 Å². The molecule has 0 bridgehead atoms. The predicted octanol–water partition coefficient (Wildman–Crippen LogP) is 3.13. The van der Waals surface area contributed by atoms with Crippen LogP contribution in [0.5, 0.6) is 0 Å². The molecule has 0 aromatic heterocycles. The highest BCUT2D eigenvalue weighted by Crippen LogP contribution is 2.33. The lowest BCUT2D eigenvalue weighted by Crippen LogP contribution is -2.30. The summed E-state index contributed by atoms with van der Waals surface area (Å²) in [7, 11) is 0. The van der Waals surface area contributed by atoms with E-state index < -0.39 is 17.5 Å². The summed E-state index contributed by atoms with van der Waals surface area (Å²) in [5.74, 6) is -1.91. The molecule has 0 spiro atoms. The van der Waals surface area contributed by atoms with Gasteiger partial charge in [-0.1, -0.05) is 60.7 Å². The van der Waals surface area contributed by atoms with E-state index >= 15 is 0 Å². The molecule has 0 radical (unpaired) electrons. The summed E-state index contributed by atoms with van der Waals surface area (Å²) in [6, 6.07) is 18.6. The van der Waals surface area contributed by atoms with E-state index in [2.05, 4.69) is 0 Å². The third-order valence-corrected chi connectivity index (χ3v) is 3.32. The highest BCUT2D eigenvalue weighted by molar-refractivity contribution is 5.91. The highest BCUT2D eigenvalue weighted by Gasteiger charge is 2.32. The summed E-state index contributed by atoms with van der Waals surface area (Å²) in [6.07, 6.45) is 1.67. The van der Waals surface area contributed by atoms with E-state index in [4.69, 9.17) is 9.84 Å². The van der Waals surface area contributed by atoms with E-state index in [9.17, 15) is 9.59 Å². The van der Waals surface area contributed by atoms with E-state index in [1.54, 1.807) is 6.92 Å². The maximum atomic E-state index is 11.9. The number of carbonyl (C=O) groups excluding carboxylic acids is 1. The molecule has 0 aliphatic heterocycles. The Balaban J connectivity index is 2.39. The van der Waals surface area contributed by atoms with Crippen LogP contribution in [0.3, 0.4) is 0 Å². The Morgan fingerprint density at radius 3 is 1.77 bits per heavy atom. The number of hydrogen-bond donors (Lipinski definition) is 1. The lowest BCUT2D eigenvalue weighted by Gasteiger charge is -2.30. The molecule has 0 heterocycles. The quantitative estimate of drug-likeness (QED) is 0.680. The fourth-order valence-electron chi connectivity index (χ4n) is 2.17. The Labute approximate surface area is 128 Å². The molecule has 2 aromatic rings. The van der Waals surface area contributed by atoms with E-state index in [1.165, 1.54) is 0 Å². The fraction of sp³-hybridized carbons (Fsp3) is 0.111. The Bertz CT molecular complexity index is 635. The number of carbonyl (C=O) groups is 2. The first-order valence-electron chi connectivity index (χ1n) is 6.77. The number of aliphatic carboxylic acids is 1. The number of benzene rings is 2. The molecule has 22 heavy (non-hydrogen) atoms. The normalized spacial score (nSPS) is 11.3. The Morgan fingerprint density at radius 2 is 1.36 bits per heavy atom. The highest BCUT2D eigenvalue weighted by atomic mass is 16.6. The molecule has 0 saturated carbocycles. The molecule has 0 saturated heterocycles. The maximum Gasteiger partial charge on any atom is 0.332 e. The minimum Gasteiger partial charge on any atom is -0.478 e. The molecule has 4 heteroatoms. The lowest BCUT2D eigenvalue weighted by atomic mass is 9.88. The fourth-order valence-corrected chi connectivity index (χ4v) is 2.17. The van der Waals surface area contributed by atoms with Gasteiger partial charge in [0.2, 0.25) is 0 Å². The number of carboxylic acid groups (broad SMARTS) is 1. The molecule has 1 N–H and O–H groups in total. The average Bonchev–Trinajstić information content (AvgIpc) is 2.54. The summed E-state index contributed by atoms with van der Waals surface area (Å²) in [6.45, 7) is 1.78. The van der Waals surface area contributed by atoms with E-state index in [1.807, 2.05) is 60.7 Å². The summed E-state index contributed by atoms with van der Waals surface area (Å²) in [5, 5.41) is 8.60. The van der Waals surface area contributed by atoms with Crippen LogP contribution in [0.25, 0.3) is 0 Å². The van der Waals surface area contributed by atoms with Gasteiger partial charge in [0, 0.05) is 12.2 Å². The number of ether oxygens (including phenoxy) is 1.